The third-order valence-electron chi connectivity index (χ3n) is 3.13. The zero-order valence-corrected chi connectivity index (χ0v) is 14.4. The van der Waals surface area contributed by atoms with Crippen molar-refractivity contribution in [3.63, 3.8) is 0 Å². The zero-order valence-electron chi connectivity index (χ0n) is 12.8. The standard InChI is InChI=1S/C14H19N3O2S2/c1-7-8(2)21-11-10(7)12(19)17(13(20)15-11)6-9(18)16-14(3,4)5/h6H2,1-5H3,(H,15,20)(H,16,18). The number of thiophene rings is 1. The summed E-state index contributed by atoms with van der Waals surface area (Å²) in [5, 5.41) is 3.45. The molecule has 2 aromatic rings. The second-order valence-corrected chi connectivity index (χ2v) is 7.72. The van der Waals surface area contributed by atoms with Crippen LogP contribution in [0.3, 0.4) is 0 Å². The van der Waals surface area contributed by atoms with Gasteiger partial charge in [0.25, 0.3) is 5.56 Å². The molecule has 2 heterocycles. The van der Waals surface area contributed by atoms with E-state index in [0.29, 0.717) is 5.39 Å². The van der Waals surface area contributed by atoms with Gasteiger partial charge in [-0.25, -0.2) is 0 Å². The Morgan fingerprint density at radius 3 is 2.57 bits per heavy atom. The Balaban J connectivity index is 2.50. The minimum atomic E-state index is -0.342. The zero-order chi connectivity index (χ0) is 15.9. The van der Waals surface area contributed by atoms with Gasteiger partial charge >= 0.3 is 0 Å². The lowest BCUT2D eigenvalue weighted by Gasteiger charge is -2.20. The minimum Gasteiger partial charge on any atom is -0.350 e. The van der Waals surface area contributed by atoms with Crippen LogP contribution < -0.4 is 10.9 Å². The number of fused-ring (bicyclic) bond motifs is 1. The highest BCUT2D eigenvalue weighted by Crippen LogP contribution is 2.25. The van der Waals surface area contributed by atoms with E-state index < -0.39 is 0 Å². The summed E-state index contributed by atoms with van der Waals surface area (Å²) in [7, 11) is 0. The molecule has 5 nitrogen and oxygen atoms in total. The second kappa shape index (κ2) is 5.38. The summed E-state index contributed by atoms with van der Waals surface area (Å²) in [6.07, 6.45) is 0. The van der Waals surface area contributed by atoms with Crippen LogP contribution in [0.15, 0.2) is 4.79 Å². The van der Waals surface area contributed by atoms with E-state index in [4.69, 9.17) is 12.2 Å². The number of H-pyrrole nitrogens is 1. The number of aromatic amines is 1. The van der Waals surface area contributed by atoms with E-state index in [-0.39, 0.29) is 28.3 Å². The number of nitrogens with zero attached hydrogens (tertiary/aromatic N) is 1. The van der Waals surface area contributed by atoms with Crippen molar-refractivity contribution in [2.24, 2.45) is 0 Å². The van der Waals surface area contributed by atoms with Crippen LogP contribution in [-0.4, -0.2) is 21.0 Å². The van der Waals surface area contributed by atoms with Gasteiger partial charge in [0.2, 0.25) is 5.91 Å². The summed E-state index contributed by atoms with van der Waals surface area (Å²) in [5.74, 6) is -0.229. The fraction of sp³-hybridized carbons (Fsp3) is 0.500. The second-order valence-electron chi connectivity index (χ2n) is 6.11. The number of carbonyl (C=O) groups excluding carboxylic acids is 1. The lowest BCUT2D eigenvalue weighted by molar-refractivity contribution is -0.123. The van der Waals surface area contributed by atoms with E-state index in [2.05, 4.69) is 10.3 Å². The van der Waals surface area contributed by atoms with E-state index in [9.17, 15) is 9.59 Å². The lowest BCUT2D eigenvalue weighted by Crippen LogP contribution is -2.43. The molecule has 0 atom stereocenters. The van der Waals surface area contributed by atoms with Gasteiger partial charge in [0.15, 0.2) is 4.77 Å². The van der Waals surface area contributed by atoms with Crippen LogP contribution in [0.1, 0.15) is 31.2 Å². The van der Waals surface area contributed by atoms with Crippen molar-refractivity contribution in [3.8, 4) is 0 Å². The molecule has 0 aliphatic heterocycles. The highest BCUT2D eigenvalue weighted by molar-refractivity contribution is 7.71. The van der Waals surface area contributed by atoms with Crippen LogP contribution >= 0.6 is 23.6 Å². The monoisotopic (exact) mass is 325 g/mol. The molecular formula is C14H19N3O2S2. The molecule has 1 amide bonds. The largest absolute Gasteiger partial charge is 0.350 e. The van der Waals surface area contributed by atoms with Gasteiger partial charge in [-0.2, -0.15) is 0 Å². The van der Waals surface area contributed by atoms with Crippen molar-refractivity contribution >= 4 is 39.7 Å². The van der Waals surface area contributed by atoms with Crippen molar-refractivity contribution in [1.82, 2.24) is 14.9 Å². The molecule has 0 unspecified atom stereocenters. The van der Waals surface area contributed by atoms with Crippen LogP contribution in [0.25, 0.3) is 10.2 Å². The van der Waals surface area contributed by atoms with Gasteiger partial charge in [0.05, 0.1) is 5.39 Å². The molecule has 0 saturated carbocycles. The van der Waals surface area contributed by atoms with Gasteiger partial charge in [-0.05, 0) is 52.4 Å². The predicted molar refractivity (Wildman–Crippen MR) is 88.6 cm³/mol. The normalized spacial score (nSPS) is 11.9. The Morgan fingerprint density at radius 2 is 2.00 bits per heavy atom. The molecule has 21 heavy (non-hydrogen) atoms. The minimum absolute atomic E-state index is 0.0737. The first-order valence-electron chi connectivity index (χ1n) is 6.64. The summed E-state index contributed by atoms with van der Waals surface area (Å²) >= 11 is 6.72. The van der Waals surface area contributed by atoms with Crippen LogP contribution in [0.2, 0.25) is 0 Å². The van der Waals surface area contributed by atoms with Crippen LogP contribution in [-0.2, 0) is 11.3 Å². The Labute approximate surface area is 132 Å². The fourth-order valence-corrected chi connectivity index (χ4v) is 3.47. The molecule has 0 radical (unpaired) electrons. The van der Waals surface area contributed by atoms with E-state index in [1.54, 1.807) is 0 Å². The van der Waals surface area contributed by atoms with Crippen molar-refractivity contribution < 1.29 is 4.79 Å². The summed E-state index contributed by atoms with van der Waals surface area (Å²) in [6.45, 7) is 9.48. The first-order chi connectivity index (χ1) is 9.60. The summed E-state index contributed by atoms with van der Waals surface area (Å²) in [5.41, 5.74) is 0.390. The van der Waals surface area contributed by atoms with Crippen LogP contribution in [0, 0.1) is 18.6 Å². The van der Waals surface area contributed by atoms with E-state index in [0.717, 1.165) is 15.3 Å². The first-order valence-corrected chi connectivity index (χ1v) is 7.86. The molecule has 114 valence electrons. The van der Waals surface area contributed by atoms with Gasteiger partial charge in [0.1, 0.15) is 11.4 Å². The van der Waals surface area contributed by atoms with Crippen LogP contribution in [0.5, 0.6) is 0 Å². The maximum Gasteiger partial charge on any atom is 0.263 e. The fourth-order valence-electron chi connectivity index (χ4n) is 2.11. The van der Waals surface area contributed by atoms with Gasteiger partial charge < -0.3 is 10.3 Å². The maximum absolute atomic E-state index is 12.6. The number of carbonyl (C=O) groups is 1. The third-order valence-corrected chi connectivity index (χ3v) is 4.57. The van der Waals surface area contributed by atoms with Crippen molar-refractivity contribution in [3.05, 3.63) is 25.6 Å². The summed E-state index contributed by atoms with van der Waals surface area (Å²) < 4.78 is 1.59. The number of hydrogen-bond acceptors (Lipinski definition) is 4. The van der Waals surface area contributed by atoms with Crippen molar-refractivity contribution in [2.45, 2.75) is 46.7 Å². The molecule has 0 bridgehead atoms. The summed E-state index contributed by atoms with van der Waals surface area (Å²) in [4.78, 5) is 29.5. The Hall–Kier alpha value is -1.47. The molecule has 0 aliphatic carbocycles. The van der Waals surface area contributed by atoms with Gasteiger partial charge in [0, 0.05) is 10.4 Å². The molecular weight excluding hydrogens is 306 g/mol. The number of nitrogens with one attached hydrogen (secondary N) is 2. The Bertz CT molecular complexity index is 822. The topological polar surface area (TPSA) is 66.9 Å². The molecule has 2 N–H and O–H groups in total. The van der Waals surface area contributed by atoms with E-state index >= 15 is 0 Å². The number of rotatable bonds is 2. The molecule has 0 saturated heterocycles. The molecule has 2 aromatic heterocycles. The molecule has 0 aromatic carbocycles. The molecule has 2 rings (SSSR count). The lowest BCUT2D eigenvalue weighted by atomic mass is 10.1. The first kappa shape index (κ1) is 15.9. The molecule has 7 heteroatoms. The van der Waals surface area contributed by atoms with E-state index in [1.165, 1.54) is 15.9 Å². The van der Waals surface area contributed by atoms with Crippen LogP contribution in [0.4, 0.5) is 0 Å². The summed E-state index contributed by atoms with van der Waals surface area (Å²) in [6, 6.07) is 0. The number of aromatic nitrogens is 2. The average Bonchev–Trinajstić information content (AvgIpc) is 2.58. The highest BCUT2D eigenvalue weighted by Gasteiger charge is 2.17. The van der Waals surface area contributed by atoms with Gasteiger partial charge in [-0.15, -0.1) is 11.3 Å². The Morgan fingerprint density at radius 1 is 1.38 bits per heavy atom. The highest BCUT2D eigenvalue weighted by atomic mass is 32.1. The van der Waals surface area contributed by atoms with Gasteiger partial charge in [-0.3, -0.25) is 14.2 Å². The molecule has 0 fully saturated rings. The number of amides is 1. The Kier molecular flexibility index (Phi) is 4.08. The average molecular weight is 325 g/mol. The predicted octanol–water partition coefficient (Wildman–Crippen LogP) is 2.65. The molecule has 0 aliphatic rings. The number of hydrogen-bond donors (Lipinski definition) is 2. The third kappa shape index (κ3) is 3.24. The van der Waals surface area contributed by atoms with Gasteiger partial charge in [-0.1, -0.05) is 0 Å². The number of aryl methyl sites for hydroxylation is 2. The SMILES string of the molecule is Cc1sc2[nH]c(=S)n(CC(=O)NC(C)(C)C)c(=O)c2c1C. The van der Waals surface area contributed by atoms with Crippen molar-refractivity contribution in [2.75, 3.05) is 0 Å². The molecule has 0 spiro atoms. The maximum atomic E-state index is 12.6. The van der Waals surface area contributed by atoms with E-state index in [1.807, 2.05) is 34.6 Å². The smallest absolute Gasteiger partial charge is 0.263 e. The van der Waals surface area contributed by atoms with Crippen molar-refractivity contribution in [1.29, 1.82) is 0 Å². The quantitative estimate of drug-likeness (QED) is 0.834.